The Bertz CT molecular complexity index is 422. The number of anilines is 2. The highest BCUT2D eigenvalue weighted by Crippen LogP contribution is 2.18. The van der Waals surface area contributed by atoms with Gasteiger partial charge in [-0.05, 0) is 12.8 Å². The summed E-state index contributed by atoms with van der Waals surface area (Å²) < 4.78 is 5.32. The minimum atomic E-state index is 0.178. The van der Waals surface area contributed by atoms with Crippen LogP contribution in [-0.4, -0.2) is 34.6 Å². The lowest BCUT2D eigenvalue weighted by Crippen LogP contribution is -2.21. The van der Waals surface area contributed by atoms with E-state index in [2.05, 4.69) is 25.8 Å². The Morgan fingerprint density at radius 3 is 2.76 bits per heavy atom. The first kappa shape index (κ1) is 11.5. The monoisotopic (exact) mass is 233 g/mol. The molecule has 1 aliphatic rings. The molecule has 90 valence electrons. The highest BCUT2D eigenvalue weighted by atomic mass is 16.5. The van der Waals surface area contributed by atoms with Gasteiger partial charge in [0, 0.05) is 19.5 Å². The average molecular weight is 233 g/mol. The van der Waals surface area contributed by atoms with Gasteiger partial charge in [0.15, 0.2) is 0 Å². The van der Waals surface area contributed by atoms with Crippen LogP contribution < -0.4 is 15.4 Å². The molecular weight excluding hydrogens is 218 g/mol. The second-order valence-corrected chi connectivity index (χ2v) is 3.77. The second-order valence-electron chi connectivity index (χ2n) is 3.77. The maximum absolute atomic E-state index is 5.62. The van der Waals surface area contributed by atoms with Crippen LogP contribution in [0, 0.1) is 12.3 Å². The summed E-state index contributed by atoms with van der Waals surface area (Å²) in [6.45, 7) is 2.29. The highest BCUT2D eigenvalue weighted by Gasteiger charge is 2.17. The lowest BCUT2D eigenvalue weighted by Gasteiger charge is -2.15. The molecule has 1 fully saturated rings. The number of terminal acetylenes is 1. The zero-order valence-corrected chi connectivity index (χ0v) is 9.59. The first-order chi connectivity index (χ1) is 8.29. The molecule has 0 spiro atoms. The maximum atomic E-state index is 5.62. The molecule has 1 aliphatic heterocycles. The molecule has 6 nitrogen and oxygen atoms in total. The lowest BCUT2D eigenvalue weighted by molar-refractivity contribution is 0.300. The fraction of sp³-hybridized carbons (Fsp3) is 0.545. The van der Waals surface area contributed by atoms with Crippen LogP contribution in [0.2, 0.25) is 0 Å². The van der Waals surface area contributed by atoms with Crippen molar-refractivity contribution in [3.05, 3.63) is 0 Å². The predicted molar refractivity (Wildman–Crippen MR) is 64.6 cm³/mol. The first-order valence-electron chi connectivity index (χ1n) is 5.62. The van der Waals surface area contributed by atoms with Crippen LogP contribution in [0.3, 0.4) is 0 Å². The Morgan fingerprint density at radius 2 is 2.06 bits per heavy atom. The first-order valence-corrected chi connectivity index (χ1v) is 5.62. The fourth-order valence-electron chi connectivity index (χ4n) is 1.69. The normalized spacial score (nSPS) is 14.6. The van der Waals surface area contributed by atoms with Gasteiger partial charge in [0.25, 0.3) is 0 Å². The summed E-state index contributed by atoms with van der Waals surface area (Å²) in [6, 6.07) is 0.245. The van der Waals surface area contributed by atoms with E-state index in [1.165, 1.54) is 0 Å². The minimum Gasteiger partial charge on any atom is -0.462 e. The maximum Gasteiger partial charge on any atom is 0.323 e. The van der Waals surface area contributed by atoms with Crippen LogP contribution in [0.15, 0.2) is 0 Å². The molecule has 2 N–H and O–H groups in total. The number of hydrogen-bond donors (Lipinski definition) is 1. The van der Waals surface area contributed by atoms with Crippen molar-refractivity contribution in [3.8, 4) is 18.4 Å². The Hall–Kier alpha value is -2.03. The summed E-state index contributed by atoms with van der Waals surface area (Å²) in [5.74, 6) is 3.25. The van der Waals surface area contributed by atoms with E-state index in [4.69, 9.17) is 16.9 Å². The quantitative estimate of drug-likeness (QED) is 0.601. The largest absolute Gasteiger partial charge is 0.462 e. The van der Waals surface area contributed by atoms with Gasteiger partial charge in [-0.1, -0.05) is 0 Å². The molecule has 0 aliphatic carbocycles. The number of ether oxygens (including phenoxy) is 1. The Balaban J connectivity index is 2.08. The topological polar surface area (TPSA) is 77.2 Å². The van der Waals surface area contributed by atoms with Crippen molar-refractivity contribution in [1.82, 2.24) is 15.0 Å². The molecule has 6 heteroatoms. The lowest BCUT2D eigenvalue weighted by atomic mass is 10.4. The Kier molecular flexibility index (Phi) is 3.60. The average Bonchev–Trinajstić information content (AvgIpc) is 2.82. The molecule has 17 heavy (non-hydrogen) atoms. The van der Waals surface area contributed by atoms with Crippen molar-refractivity contribution in [3.63, 3.8) is 0 Å². The molecule has 1 aromatic rings. The third-order valence-corrected chi connectivity index (χ3v) is 2.49. The van der Waals surface area contributed by atoms with Crippen molar-refractivity contribution in [2.24, 2.45) is 0 Å². The van der Waals surface area contributed by atoms with Gasteiger partial charge in [-0.25, -0.2) is 0 Å². The van der Waals surface area contributed by atoms with E-state index in [1.54, 1.807) is 0 Å². The van der Waals surface area contributed by atoms with Gasteiger partial charge in [-0.3, -0.25) is 0 Å². The number of aromatic nitrogens is 3. The van der Waals surface area contributed by atoms with Crippen molar-refractivity contribution in [2.45, 2.75) is 19.3 Å². The van der Waals surface area contributed by atoms with Crippen LogP contribution in [-0.2, 0) is 0 Å². The molecule has 2 heterocycles. The molecule has 0 saturated carbocycles. The number of rotatable bonds is 4. The van der Waals surface area contributed by atoms with E-state index < -0.39 is 0 Å². The van der Waals surface area contributed by atoms with Crippen molar-refractivity contribution in [1.29, 1.82) is 0 Å². The third-order valence-electron chi connectivity index (χ3n) is 2.49. The van der Waals surface area contributed by atoms with Gasteiger partial charge in [-0.15, -0.1) is 12.3 Å². The van der Waals surface area contributed by atoms with Gasteiger partial charge in [0.2, 0.25) is 11.9 Å². The van der Waals surface area contributed by atoms with Crippen molar-refractivity contribution in [2.75, 3.05) is 30.3 Å². The summed E-state index contributed by atoms with van der Waals surface area (Å²) >= 11 is 0. The van der Waals surface area contributed by atoms with Gasteiger partial charge in [0.05, 0.1) is 0 Å². The minimum absolute atomic E-state index is 0.178. The number of nitrogen functional groups attached to an aromatic ring is 1. The van der Waals surface area contributed by atoms with Gasteiger partial charge < -0.3 is 15.4 Å². The summed E-state index contributed by atoms with van der Waals surface area (Å²) in [7, 11) is 0. The molecule has 0 amide bonds. The van der Waals surface area contributed by atoms with Crippen molar-refractivity contribution < 1.29 is 4.74 Å². The molecule has 0 bridgehead atoms. The van der Waals surface area contributed by atoms with E-state index >= 15 is 0 Å². The summed E-state index contributed by atoms with van der Waals surface area (Å²) in [4.78, 5) is 14.3. The summed E-state index contributed by atoms with van der Waals surface area (Å²) in [5.41, 5.74) is 5.62. The van der Waals surface area contributed by atoms with Crippen LogP contribution >= 0.6 is 0 Å². The summed E-state index contributed by atoms with van der Waals surface area (Å²) in [5, 5.41) is 0. The molecule has 0 radical (unpaired) electrons. The fourth-order valence-corrected chi connectivity index (χ4v) is 1.69. The Labute approximate surface area is 100 Å². The summed E-state index contributed by atoms with van der Waals surface area (Å²) in [6.07, 6.45) is 7.96. The van der Waals surface area contributed by atoms with E-state index in [0.29, 0.717) is 19.0 Å². The molecule has 1 saturated heterocycles. The molecule has 0 atom stereocenters. The van der Waals surface area contributed by atoms with Crippen molar-refractivity contribution >= 4 is 11.9 Å². The molecule has 0 aromatic carbocycles. The van der Waals surface area contributed by atoms with Gasteiger partial charge >= 0.3 is 6.01 Å². The van der Waals surface area contributed by atoms with Gasteiger partial charge in [-0.2, -0.15) is 15.0 Å². The smallest absolute Gasteiger partial charge is 0.323 e. The van der Waals surface area contributed by atoms with Crippen LogP contribution in [0.4, 0.5) is 11.9 Å². The standard InChI is InChI=1S/C11H15N5O/c1-2-3-8-17-11-14-9(12)13-10(15-11)16-6-4-5-7-16/h1H,3-8H2,(H2,12,13,14,15). The zero-order chi connectivity index (χ0) is 12.1. The highest BCUT2D eigenvalue weighted by molar-refractivity contribution is 5.36. The second kappa shape index (κ2) is 5.34. The van der Waals surface area contributed by atoms with Crippen LogP contribution in [0.25, 0.3) is 0 Å². The number of nitrogens with zero attached hydrogens (tertiary/aromatic N) is 4. The van der Waals surface area contributed by atoms with E-state index in [0.717, 1.165) is 25.9 Å². The molecule has 0 unspecified atom stereocenters. The van der Waals surface area contributed by atoms with Crippen LogP contribution in [0.5, 0.6) is 6.01 Å². The molecular formula is C11H15N5O. The zero-order valence-electron chi connectivity index (χ0n) is 9.59. The van der Waals surface area contributed by atoms with E-state index in [9.17, 15) is 0 Å². The van der Waals surface area contributed by atoms with Crippen LogP contribution in [0.1, 0.15) is 19.3 Å². The van der Waals surface area contributed by atoms with Gasteiger partial charge in [0.1, 0.15) is 6.61 Å². The molecule has 1 aromatic heterocycles. The third kappa shape index (κ3) is 2.97. The SMILES string of the molecule is C#CCCOc1nc(N)nc(N2CCCC2)n1. The number of nitrogens with two attached hydrogens (primary N) is 1. The van der Waals surface area contributed by atoms with E-state index in [-0.39, 0.29) is 12.0 Å². The van der Waals surface area contributed by atoms with E-state index in [1.807, 2.05) is 0 Å². The molecule has 2 rings (SSSR count). The Morgan fingerprint density at radius 1 is 1.29 bits per heavy atom. The predicted octanol–water partition coefficient (Wildman–Crippen LogP) is 0.456. The number of hydrogen-bond acceptors (Lipinski definition) is 6.